The summed E-state index contributed by atoms with van der Waals surface area (Å²) in [6, 6.07) is 13.8. The molecule has 1 atom stereocenters. The summed E-state index contributed by atoms with van der Waals surface area (Å²) in [5.41, 5.74) is 2.07. The minimum absolute atomic E-state index is 0.149. The molecule has 0 bridgehead atoms. The Balaban J connectivity index is 1.73. The number of aromatic nitrogens is 2. The van der Waals surface area contributed by atoms with Crippen LogP contribution >= 0.6 is 0 Å². The second-order valence-corrected chi connectivity index (χ2v) is 5.60. The minimum Gasteiger partial charge on any atom is -0.494 e. The molecule has 128 valence electrons. The van der Waals surface area contributed by atoms with E-state index in [1.807, 2.05) is 37.3 Å². The van der Waals surface area contributed by atoms with Crippen molar-refractivity contribution in [2.75, 3.05) is 7.11 Å². The van der Waals surface area contributed by atoms with Crippen LogP contribution in [0, 0.1) is 5.82 Å². The summed E-state index contributed by atoms with van der Waals surface area (Å²) in [5, 5.41) is 7.09. The lowest BCUT2D eigenvalue weighted by Gasteiger charge is -2.15. The van der Waals surface area contributed by atoms with Crippen LogP contribution in [0.3, 0.4) is 0 Å². The normalized spacial score (nSPS) is 11.8. The summed E-state index contributed by atoms with van der Waals surface area (Å²) in [6.07, 6.45) is 3.18. The summed E-state index contributed by atoms with van der Waals surface area (Å²) in [4.78, 5) is 12.4. The number of hydrogen-bond donors (Lipinski definition) is 1. The molecular weight excluding hydrogens is 321 g/mol. The van der Waals surface area contributed by atoms with Gasteiger partial charge in [-0.25, -0.2) is 9.07 Å². The first-order valence-electron chi connectivity index (χ1n) is 7.83. The monoisotopic (exact) mass is 339 g/mol. The number of ether oxygens (including phenoxy) is 1. The van der Waals surface area contributed by atoms with E-state index in [0.717, 1.165) is 11.3 Å². The number of methoxy groups -OCH3 is 1. The van der Waals surface area contributed by atoms with Crippen LogP contribution in [0.4, 0.5) is 4.39 Å². The third kappa shape index (κ3) is 3.68. The average molecular weight is 339 g/mol. The Bertz CT molecular complexity index is 877. The van der Waals surface area contributed by atoms with Gasteiger partial charge in [-0.15, -0.1) is 0 Å². The summed E-state index contributed by atoms with van der Waals surface area (Å²) in [5.74, 6) is -0.539. The number of nitrogens with one attached hydrogen (secondary N) is 1. The van der Waals surface area contributed by atoms with Crippen molar-refractivity contribution in [2.45, 2.75) is 13.0 Å². The number of para-hydroxylation sites is 1. The van der Waals surface area contributed by atoms with Gasteiger partial charge in [-0.05, 0) is 36.8 Å². The van der Waals surface area contributed by atoms with E-state index in [1.54, 1.807) is 23.0 Å². The van der Waals surface area contributed by atoms with Crippen molar-refractivity contribution in [3.8, 4) is 11.4 Å². The fraction of sp³-hybridized carbons (Fsp3) is 0.158. The van der Waals surface area contributed by atoms with Crippen LogP contribution in [-0.2, 0) is 0 Å². The molecule has 1 amide bonds. The summed E-state index contributed by atoms with van der Waals surface area (Å²) in [6.45, 7) is 1.83. The van der Waals surface area contributed by atoms with Crippen LogP contribution in [0.15, 0.2) is 60.9 Å². The Morgan fingerprint density at radius 1 is 1.24 bits per heavy atom. The highest BCUT2D eigenvalue weighted by molar-refractivity contribution is 5.94. The van der Waals surface area contributed by atoms with Gasteiger partial charge in [0.1, 0.15) is 0 Å². The van der Waals surface area contributed by atoms with Gasteiger partial charge in [0.15, 0.2) is 11.6 Å². The van der Waals surface area contributed by atoms with E-state index in [-0.39, 0.29) is 17.7 Å². The van der Waals surface area contributed by atoms with Crippen LogP contribution in [0.1, 0.15) is 28.9 Å². The molecule has 0 fully saturated rings. The predicted octanol–water partition coefficient (Wildman–Crippen LogP) is 3.51. The second-order valence-electron chi connectivity index (χ2n) is 5.60. The van der Waals surface area contributed by atoms with E-state index in [2.05, 4.69) is 10.4 Å². The number of carbonyl (C=O) groups excluding carboxylic acids is 1. The Morgan fingerprint density at radius 2 is 2.00 bits per heavy atom. The van der Waals surface area contributed by atoms with Crippen LogP contribution in [-0.4, -0.2) is 22.8 Å². The highest BCUT2D eigenvalue weighted by Gasteiger charge is 2.15. The molecule has 1 aromatic heterocycles. The zero-order valence-corrected chi connectivity index (χ0v) is 13.9. The molecule has 0 radical (unpaired) electrons. The molecule has 1 heterocycles. The average Bonchev–Trinajstić information content (AvgIpc) is 3.13. The molecule has 0 unspecified atom stereocenters. The van der Waals surface area contributed by atoms with Gasteiger partial charge < -0.3 is 10.1 Å². The second kappa shape index (κ2) is 7.17. The van der Waals surface area contributed by atoms with E-state index in [1.165, 1.54) is 19.4 Å². The molecule has 3 rings (SSSR count). The van der Waals surface area contributed by atoms with Gasteiger partial charge in [0.2, 0.25) is 0 Å². The van der Waals surface area contributed by atoms with Crippen molar-refractivity contribution in [1.29, 1.82) is 0 Å². The van der Waals surface area contributed by atoms with Gasteiger partial charge in [-0.1, -0.05) is 24.3 Å². The molecule has 0 aliphatic carbocycles. The minimum atomic E-state index is -0.436. The van der Waals surface area contributed by atoms with Crippen molar-refractivity contribution in [1.82, 2.24) is 15.1 Å². The molecule has 0 aliphatic rings. The van der Waals surface area contributed by atoms with Gasteiger partial charge >= 0.3 is 0 Å². The summed E-state index contributed by atoms with van der Waals surface area (Å²) in [7, 11) is 1.41. The van der Waals surface area contributed by atoms with Crippen molar-refractivity contribution < 1.29 is 13.9 Å². The molecule has 1 N–H and O–H groups in total. The number of halogens is 1. The van der Waals surface area contributed by atoms with Gasteiger partial charge in [0, 0.05) is 6.20 Å². The third-order valence-corrected chi connectivity index (χ3v) is 3.89. The van der Waals surface area contributed by atoms with Gasteiger partial charge in [0.05, 0.1) is 30.6 Å². The van der Waals surface area contributed by atoms with Gasteiger partial charge in [-0.3, -0.25) is 4.79 Å². The number of benzene rings is 2. The van der Waals surface area contributed by atoms with Crippen molar-refractivity contribution >= 4 is 5.91 Å². The lowest BCUT2D eigenvalue weighted by atomic mass is 10.1. The van der Waals surface area contributed by atoms with E-state index in [9.17, 15) is 9.18 Å². The summed E-state index contributed by atoms with van der Waals surface area (Å²) < 4.78 is 20.1. The number of carbonyl (C=O) groups is 1. The summed E-state index contributed by atoms with van der Waals surface area (Å²) >= 11 is 0. The number of amides is 1. The topological polar surface area (TPSA) is 56.1 Å². The highest BCUT2D eigenvalue weighted by atomic mass is 19.1. The fourth-order valence-corrected chi connectivity index (χ4v) is 2.47. The molecule has 0 saturated carbocycles. The maximum atomic E-state index is 13.5. The third-order valence-electron chi connectivity index (χ3n) is 3.89. The van der Waals surface area contributed by atoms with E-state index in [4.69, 9.17) is 4.74 Å². The fourth-order valence-electron chi connectivity index (χ4n) is 2.47. The number of nitrogens with zero attached hydrogens (tertiary/aromatic N) is 2. The van der Waals surface area contributed by atoms with E-state index < -0.39 is 5.82 Å². The molecule has 0 saturated heterocycles. The number of rotatable bonds is 5. The van der Waals surface area contributed by atoms with Crippen LogP contribution < -0.4 is 10.1 Å². The largest absolute Gasteiger partial charge is 0.494 e. The first-order chi connectivity index (χ1) is 12.1. The number of hydrogen-bond acceptors (Lipinski definition) is 3. The Hall–Kier alpha value is -3.15. The zero-order valence-electron chi connectivity index (χ0n) is 13.9. The zero-order chi connectivity index (χ0) is 17.8. The molecule has 2 aromatic carbocycles. The van der Waals surface area contributed by atoms with Crippen molar-refractivity contribution in [2.24, 2.45) is 0 Å². The molecule has 5 nitrogen and oxygen atoms in total. The lowest BCUT2D eigenvalue weighted by molar-refractivity contribution is 0.0940. The SMILES string of the molecule is COc1cc([C@@H](C)NC(=O)c2cnn(-c3ccccc3)c2)ccc1F. The maximum absolute atomic E-state index is 13.5. The first kappa shape index (κ1) is 16.7. The Labute approximate surface area is 145 Å². The molecule has 6 heteroatoms. The lowest BCUT2D eigenvalue weighted by Crippen LogP contribution is -2.26. The van der Waals surface area contributed by atoms with Crippen LogP contribution in [0.5, 0.6) is 5.75 Å². The van der Waals surface area contributed by atoms with Crippen molar-refractivity contribution in [3.63, 3.8) is 0 Å². The quantitative estimate of drug-likeness (QED) is 0.774. The molecule has 0 spiro atoms. The highest BCUT2D eigenvalue weighted by Crippen LogP contribution is 2.22. The first-order valence-corrected chi connectivity index (χ1v) is 7.83. The molecular formula is C19H18FN3O2. The molecule has 3 aromatic rings. The van der Waals surface area contributed by atoms with Crippen LogP contribution in [0.2, 0.25) is 0 Å². The van der Waals surface area contributed by atoms with Crippen LogP contribution in [0.25, 0.3) is 5.69 Å². The smallest absolute Gasteiger partial charge is 0.254 e. The van der Waals surface area contributed by atoms with E-state index in [0.29, 0.717) is 5.56 Å². The Morgan fingerprint density at radius 3 is 2.72 bits per heavy atom. The molecule has 25 heavy (non-hydrogen) atoms. The molecule has 0 aliphatic heterocycles. The van der Waals surface area contributed by atoms with Crippen molar-refractivity contribution in [3.05, 3.63) is 77.9 Å². The van der Waals surface area contributed by atoms with Gasteiger partial charge in [-0.2, -0.15) is 5.10 Å². The predicted molar refractivity (Wildman–Crippen MR) is 92.4 cm³/mol. The maximum Gasteiger partial charge on any atom is 0.254 e. The Kier molecular flexibility index (Phi) is 4.79. The van der Waals surface area contributed by atoms with Gasteiger partial charge in [0.25, 0.3) is 5.91 Å². The van der Waals surface area contributed by atoms with E-state index >= 15 is 0 Å². The standard InChI is InChI=1S/C19H18FN3O2/c1-13(14-8-9-17(20)18(10-14)25-2)22-19(24)15-11-21-23(12-15)16-6-4-3-5-7-16/h3-13H,1-2H3,(H,22,24)/t13-/m1/s1.